The van der Waals surface area contributed by atoms with Crippen molar-refractivity contribution in [2.45, 2.75) is 17.9 Å². The van der Waals surface area contributed by atoms with E-state index in [0.29, 0.717) is 29.6 Å². The molecule has 0 atom stereocenters. The van der Waals surface area contributed by atoms with Crippen LogP contribution in [-0.2, 0) is 11.4 Å². The SMILES string of the molecule is O=C(CCSc1ccc(Cl)cc1)Nc1cccc(OCc2ccccn2)c1. The van der Waals surface area contributed by atoms with Crippen LogP contribution in [-0.4, -0.2) is 16.6 Å². The van der Waals surface area contributed by atoms with Crippen LogP contribution in [0.2, 0.25) is 5.02 Å². The Morgan fingerprint density at radius 3 is 2.70 bits per heavy atom. The molecule has 2 aromatic carbocycles. The van der Waals surface area contributed by atoms with E-state index in [-0.39, 0.29) is 5.91 Å². The third-order valence-corrected chi connectivity index (χ3v) is 4.91. The number of pyridine rings is 1. The number of carbonyl (C=O) groups is 1. The van der Waals surface area contributed by atoms with Crippen molar-refractivity contribution in [3.63, 3.8) is 0 Å². The van der Waals surface area contributed by atoms with E-state index in [4.69, 9.17) is 16.3 Å². The molecule has 0 unspecified atom stereocenters. The molecule has 1 amide bonds. The largest absolute Gasteiger partial charge is 0.487 e. The Morgan fingerprint density at radius 1 is 1.07 bits per heavy atom. The number of benzene rings is 2. The van der Waals surface area contributed by atoms with Crippen molar-refractivity contribution in [3.05, 3.63) is 83.6 Å². The number of hydrogen-bond acceptors (Lipinski definition) is 4. The average molecular weight is 399 g/mol. The van der Waals surface area contributed by atoms with Gasteiger partial charge in [0.25, 0.3) is 0 Å². The minimum atomic E-state index is -0.0293. The highest BCUT2D eigenvalue weighted by molar-refractivity contribution is 7.99. The third kappa shape index (κ3) is 6.62. The van der Waals surface area contributed by atoms with E-state index in [0.717, 1.165) is 16.3 Å². The Labute approximate surface area is 167 Å². The number of hydrogen-bond donors (Lipinski definition) is 1. The molecule has 0 aliphatic rings. The van der Waals surface area contributed by atoms with Gasteiger partial charge in [0, 0.05) is 40.0 Å². The summed E-state index contributed by atoms with van der Waals surface area (Å²) in [5, 5.41) is 3.62. The normalized spacial score (nSPS) is 10.4. The molecule has 138 valence electrons. The van der Waals surface area contributed by atoms with Gasteiger partial charge in [-0.3, -0.25) is 9.78 Å². The van der Waals surface area contributed by atoms with Crippen molar-refractivity contribution in [1.29, 1.82) is 0 Å². The molecule has 0 saturated carbocycles. The predicted molar refractivity (Wildman–Crippen MR) is 110 cm³/mol. The van der Waals surface area contributed by atoms with Gasteiger partial charge in [0.05, 0.1) is 5.69 Å². The molecule has 1 heterocycles. The molecule has 0 bridgehead atoms. The zero-order valence-corrected chi connectivity index (χ0v) is 16.2. The van der Waals surface area contributed by atoms with Gasteiger partial charge in [-0.2, -0.15) is 0 Å². The first-order valence-electron chi connectivity index (χ1n) is 8.50. The van der Waals surface area contributed by atoms with Crippen molar-refractivity contribution < 1.29 is 9.53 Å². The summed E-state index contributed by atoms with van der Waals surface area (Å²) < 4.78 is 5.73. The summed E-state index contributed by atoms with van der Waals surface area (Å²) in [6.45, 7) is 0.385. The zero-order valence-electron chi connectivity index (χ0n) is 14.6. The molecule has 0 radical (unpaired) electrons. The van der Waals surface area contributed by atoms with Gasteiger partial charge in [-0.1, -0.05) is 23.7 Å². The lowest BCUT2D eigenvalue weighted by Gasteiger charge is -2.09. The summed E-state index contributed by atoms with van der Waals surface area (Å²) in [5.74, 6) is 1.36. The van der Waals surface area contributed by atoms with E-state index in [1.165, 1.54) is 0 Å². The molecular weight excluding hydrogens is 380 g/mol. The molecule has 0 spiro atoms. The van der Waals surface area contributed by atoms with Gasteiger partial charge < -0.3 is 10.1 Å². The predicted octanol–water partition coefficient (Wildman–Crippen LogP) is 5.43. The summed E-state index contributed by atoms with van der Waals surface area (Å²) in [7, 11) is 0. The van der Waals surface area contributed by atoms with Gasteiger partial charge in [0.2, 0.25) is 5.91 Å². The maximum absolute atomic E-state index is 12.2. The van der Waals surface area contributed by atoms with Crippen molar-refractivity contribution >= 4 is 35.0 Å². The van der Waals surface area contributed by atoms with Gasteiger partial charge in [0.1, 0.15) is 12.4 Å². The molecular formula is C21H19ClN2O2S. The summed E-state index contributed by atoms with van der Waals surface area (Å²) in [6.07, 6.45) is 2.16. The van der Waals surface area contributed by atoms with Gasteiger partial charge in [-0.15, -0.1) is 11.8 Å². The molecule has 6 heteroatoms. The maximum atomic E-state index is 12.2. The van der Waals surface area contributed by atoms with Crippen LogP contribution >= 0.6 is 23.4 Å². The van der Waals surface area contributed by atoms with Gasteiger partial charge in [-0.25, -0.2) is 0 Å². The number of nitrogens with zero attached hydrogens (tertiary/aromatic N) is 1. The number of thioether (sulfide) groups is 1. The molecule has 1 aromatic heterocycles. The van der Waals surface area contributed by atoms with Crippen LogP contribution in [0.15, 0.2) is 77.8 Å². The maximum Gasteiger partial charge on any atom is 0.225 e. The van der Waals surface area contributed by atoms with Crippen LogP contribution in [0.3, 0.4) is 0 Å². The fourth-order valence-electron chi connectivity index (χ4n) is 2.32. The fraction of sp³-hybridized carbons (Fsp3) is 0.143. The number of halogens is 1. The lowest BCUT2D eigenvalue weighted by atomic mass is 10.3. The van der Waals surface area contributed by atoms with Crippen LogP contribution < -0.4 is 10.1 Å². The Balaban J connectivity index is 1.45. The molecule has 4 nitrogen and oxygen atoms in total. The number of carbonyl (C=O) groups excluding carboxylic acids is 1. The van der Waals surface area contributed by atoms with Gasteiger partial charge >= 0.3 is 0 Å². The topological polar surface area (TPSA) is 51.2 Å². The van der Waals surface area contributed by atoms with Crippen LogP contribution in [0.5, 0.6) is 5.75 Å². The van der Waals surface area contributed by atoms with Crippen molar-refractivity contribution in [2.75, 3.05) is 11.1 Å². The van der Waals surface area contributed by atoms with Crippen molar-refractivity contribution in [3.8, 4) is 5.75 Å². The Hall–Kier alpha value is -2.50. The minimum absolute atomic E-state index is 0.0293. The number of anilines is 1. The zero-order chi connectivity index (χ0) is 18.9. The van der Waals surface area contributed by atoms with E-state index < -0.39 is 0 Å². The first kappa shape index (κ1) is 19.3. The second kappa shape index (κ2) is 10.00. The standard InChI is InChI=1S/C21H19ClN2O2S/c22-16-7-9-20(10-8-16)27-13-11-21(25)24-17-5-3-6-19(14-17)26-15-18-4-1-2-12-23-18/h1-10,12,14H,11,13,15H2,(H,24,25). The fourth-order valence-corrected chi connectivity index (χ4v) is 3.30. The van der Waals surface area contributed by atoms with E-state index in [1.807, 2.05) is 66.7 Å². The molecule has 0 aliphatic heterocycles. The molecule has 1 N–H and O–H groups in total. The van der Waals surface area contributed by atoms with Gasteiger partial charge in [-0.05, 0) is 48.5 Å². The molecule has 0 saturated heterocycles. The second-order valence-electron chi connectivity index (χ2n) is 5.74. The summed E-state index contributed by atoms with van der Waals surface area (Å²) in [5.41, 5.74) is 1.57. The Morgan fingerprint density at radius 2 is 1.93 bits per heavy atom. The first-order valence-corrected chi connectivity index (χ1v) is 9.86. The smallest absolute Gasteiger partial charge is 0.225 e. The Bertz CT molecular complexity index is 873. The highest BCUT2D eigenvalue weighted by atomic mass is 35.5. The van der Waals surface area contributed by atoms with E-state index in [9.17, 15) is 4.79 Å². The molecule has 3 rings (SSSR count). The summed E-state index contributed by atoms with van der Waals surface area (Å²) in [6, 6.07) is 20.7. The lowest BCUT2D eigenvalue weighted by Crippen LogP contribution is -2.12. The lowest BCUT2D eigenvalue weighted by molar-refractivity contribution is -0.115. The van der Waals surface area contributed by atoms with E-state index in [2.05, 4.69) is 10.3 Å². The van der Waals surface area contributed by atoms with Crippen molar-refractivity contribution in [1.82, 2.24) is 4.98 Å². The molecule has 0 fully saturated rings. The van der Waals surface area contributed by atoms with E-state index >= 15 is 0 Å². The van der Waals surface area contributed by atoms with Gasteiger partial charge in [0.15, 0.2) is 0 Å². The number of nitrogens with one attached hydrogen (secondary N) is 1. The first-order chi connectivity index (χ1) is 13.2. The van der Waals surface area contributed by atoms with Crippen LogP contribution in [0.4, 0.5) is 5.69 Å². The monoisotopic (exact) mass is 398 g/mol. The van der Waals surface area contributed by atoms with Crippen LogP contribution in [0.25, 0.3) is 0 Å². The summed E-state index contributed by atoms with van der Waals surface area (Å²) >= 11 is 7.50. The average Bonchev–Trinajstić information content (AvgIpc) is 2.69. The highest BCUT2D eigenvalue weighted by Gasteiger charge is 2.05. The number of amides is 1. The van der Waals surface area contributed by atoms with Crippen LogP contribution in [0.1, 0.15) is 12.1 Å². The van der Waals surface area contributed by atoms with Crippen molar-refractivity contribution in [2.24, 2.45) is 0 Å². The van der Waals surface area contributed by atoms with Crippen LogP contribution in [0, 0.1) is 0 Å². The number of ether oxygens (including phenoxy) is 1. The third-order valence-electron chi connectivity index (χ3n) is 3.64. The molecule has 27 heavy (non-hydrogen) atoms. The number of rotatable bonds is 8. The second-order valence-corrected chi connectivity index (χ2v) is 7.34. The number of aromatic nitrogens is 1. The minimum Gasteiger partial charge on any atom is -0.487 e. The molecule has 0 aliphatic carbocycles. The van der Waals surface area contributed by atoms with E-state index in [1.54, 1.807) is 18.0 Å². The molecule has 3 aromatic rings. The Kier molecular flexibility index (Phi) is 7.13. The highest BCUT2D eigenvalue weighted by Crippen LogP contribution is 2.22. The summed E-state index contributed by atoms with van der Waals surface area (Å²) in [4.78, 5) is 17.5. The quantitative estimate of drug-likeness (QED) is 0.513.